The fraction of sp³-hybridized carbons (Fsp3) is 0.316. The quantitative estimate of drug-likeness (QED) is 0.841. The van der Waals surface area contributed by atoms with E-state index in [0.717, 1.165) is 5.56 Å². The molecule has 0 spiro atoms. The normalized spacial score (nSPS) is 14.1. The maximum absolute atomic E-state index is 12.3. The molecule has 1 aliphatic rings. The van der Waals surface area contributed by atoms with Gasteiger partial charge in [0.05, 0.1) is 19.2 Å². The van der Waals surface area contributed by atoms with Crippen molar-refractivity contribution in [1.29, 1.82) is 0 Å². The molecule has 1 aromatic carbocycles. The molecule has 8 heteroatoms. The molecule has 1 aromatic heterocycles. The number of rotatable bonds is 5. The Morgan fingerprint density at radius 2 is 1.67 bits per heavy atom. The standard InChI is InChI=1S/C19H20ClN3O4/c20-15-5-3-14(4-6-15)12-17(24)21-13-18(25)22-7-9-23(10-8-22)19(26)16-2-1-11-27-16/h1-6,11H,7-10,12-13H2,(H,21,24). The summed E-state index contributed by atoms with van der Waals surface area (Å²) in [6.07, 6.45) is 1.65. The Kier molecular flexibility index (Phi) is 6.13. The van der Waals surface area contributed by atoms with Crippen LogP contribution in [-0.4, -0.2) is 60.2 Å². The van der Waals surface area contributed by atoms with Gasteiger partial charge in [0.1, 0.15) is 0 Å². The van der Waals surface area contributed by atoms with Gasteiger partial charge >= 0.3 is 0 Å². The third-order valence-corrected chi connectivity index (χ3v) is 4.62. The first-order valence-electron chi connectivity index (χ1n) is 8.64. The van der Waals surface area contributed by atoms with Crippen LogP contribution < -0.4 is 5.32 Å². The summed E-state index contributed by atoms with van der Waals surface area (Å²) in [5, 5.41) is 3.25. The number of amides is 3. The maximum Gasteiger partial charge on any atom is 0.289 e. The van der Waals surface area contributed by atoms with Crippen LogP contribution in [0.4, 0.5) is 0 Å². The molecule has 1 aliphatic heterocycles. The monoisotopic (exact) mass is 389 g/mol. The predicted molar refractivity (Wildman–Crippen MR) is 99.4 cm³/mol. The Balaban J connectivity index is 1.41. The molecule has 0 bridgehead atoms. The number of piperazine rings is 1. The average Bonchev–Trinajstić information content (AvgIpc) is 3.22. The van der Waals surface area contributed by atoms with Crippen LogP contribution in [0.3, 0.4) is 0 Å². The number of hydrogen-bond donors (Lipinski definition) is 1. The zero-order valence-corrected chi connectivity index (χ0v) is 15.4. The summed E-state index contributed by atoms with van der Waals surface area (Å²) < 4.78 is 5.12. The van der Waals surface area contributed by atoms with Crippen molar-refractivity contribution < 1.29 is 18.8 Å². The molecule has 3 rings (SSSR count). The van der Waals surface area contributed by atoms with Crippen molar-refractivity contribution in [3.05, 3.63) is 59.0 Å². The minimum absolute atomic E-state index is 0.0570. The molecule has 0 radical (unpaired) electrons. The highest BCUT2D eigenvalue weighted by Gasteiger charge is 2.26. The molecular weight excluding hydrogens is 370 g/mol. The Bertz CT molecular complexity index is 797. The van der Waals surface area contributed by atoms with Crippen molar-refractivity contribution in [3.8, 4) is 0 Å². The molecule has 1 fully saturated rings. The molecule has 0 aliphatic carbocycles. The lowest BCUT2D eigenvalue weighted by atomic mass is 10.1. The number of furan rings is 1. The maximum atomic E-state index is 12.3. The molecule has 142 valence electrons. The molecule has 0 unspecified atom stereocenters. The van der Waals surface area contributed by atoms with Gasteiger partial charge in [0.15, 0.2) is 5.76 Å². The fourth-order valence-corrected chi connectivity index (χ4v) is 2.98. The van der Waals surface area contributed by atoms with Gasteiger partial charge in [-0.3, -0.25) is 14.4 Å². The Labute approximate surface area is 161 Å². The highest BCUT2D eigenvalue weighted by atomic mass is 35.5. The van der Waals surface area contributed by atoms with Gasteiger partial charge in [-0.1, -0.05) is 23.7 Å². The number of carbonyl (C=O) groups excluding carboxylic acids is 3. The van der Waals surface area contributed by atoms with Gasteiger partial charge in [0.2, 0.25) is 11.8 Å². The van der Waals surface area contributed by atoms with E-state index in [2.05, 4.69) is 5.32 Å². The van der Waals surface area contributed by atoms with E-state index in [1.165, 1.54) is 6.26 Å². The topological polar surface area (TPSA) is 82.9 Å². The van der Waals surface area contributed by atoms with Crippen LogP contribution in [0.5, 0.6) is 0 Å². The van der Waals surface area contributed by atoms with Gasteiger partial charge in [-0.15, -0.1) is 0 Å². The second kappa shape index (κ2) is 8.73. The van der Waals surface area contributed by atoms with Crippen LogP contribution in [0.25, 0.3) is 0 Å². The molecule has 1 saturated heterocycles. The lowest BCUT2D eigenvalue weighted by Crippen LogP contribution is -2.52. The summed E-state index contributed by atoms with van der Waals surface area (Å²) in [5.74, 6) is -0.269. The van der Waals surface area contributed by atoms with E-state index in [-0.39, 0.29) is 30.7 Å². The van der Waals surface area contributed by atoms with Crippen LogP contribution in [-0.2, 0) is 16.0 Å². The molecule has 0 atom stereocenters. The Morgan fingerprint density at radius 3 is 2.30 bits per heavy atom. The number of benzene rings is 1. The van der Waals surface area contributed by atoms with Gasteiger partial charge in [-0.05, 0) is 29.8 Å². The zero-order chi connectivity index (χ0) is 19.2. The molecule has 3 amide bonds. The molecular formula is C19H20ClN3O4. The zero-order valence-electron chi connectivity index (χ0n) is 14.7. The molecule has 7 nitrogen and oxygen atoms in total. The largest absolute Gasteiger partial charge is 0.459 e. The number of carbonyl (C=O) groups is 3. The minimum Gasteiger partial charge on any atom is -0.459 e. The first-order valence-corrected chi connectivity index (χ1v) is 9.02. The van der Waals surface area contributed by atoms with E-state index in [0.29, 0.717) is 37.0 Å². The lowest BCUT2D eigenvalue weighted by Gasteiger charge is -2.34. The van der Waals surface area contributed by atoms with Crippen molar-refractivity contribution in [2.24, 2.45) is 0 Å². The molecule has 0 saturated carbocycles. The van der Waals surface area contributed by atoms with E-state index < -0.39 is 0 Å². The summed E-state index contributed by atoms with van der Waals surface area (Å²) in [6, 6.07) is 10.3. The highest BCUT2D eigenvalue weighted by Crippen LogP contribution is 2.11. The van der Waals surface area contributed by atoms with Gasteiger partial charge in [-0.2, -0.15) is 0 Å². The van der Waals surface area contributed by atoms with E-state index in [1.54, 1.807) is 46.2 Å². The minimum atomic E-state index is -0.225. The van der Waals surface area contributed by atoms with Crippen molar-refractivity contribution in [1.82, 2.24) is 15.1 Å². The van der Waals surface area contributed by atoms with Crippen molar-refractivity contribution >= 4 is 29.3 Å². The first kappa shape index (κ1) is 19.0. The summed E-state index contributed by atoms with van der Waals surface area (Å²) in [7, 11) is 0. The van der Waals surface area contributed by atoms with Crippen molar-refractivity contribution in [2.45, 2.75) is 6.42 Å². The van der Waals surface area contributed by atoms with Crippen LogP contribution in [0.2, 0.25) is 5.02 Å². The second-order valence-corrected chi connectivity index (χ2v) is 6.67. The summed E-state index contributed by atoms with van der Waals surface area (Å²) in [4.78, 5) is 39.8. The SMILES string of the molecule is O=C(Cc1ccc(Cl)cc1)NCC(=O)N1CCN(C(=O)c2ccco2)CC1. The highest BCUT2D eigenvalue weighted by molar-refractivity contribution is 6.30. The summed E-state index contributed by atoms with van der Waals surface area (Å²) in [5.41, 5.74) is 0.828. The number of nitrogens with zero attached hydrogens (tertiary/aromatic N) is 2. The van der Waals surface area contributed by atoms with Gasteiger partial charge in [0, 0.05) is 31.2 Å². The molecule has 27 heavy (non-hydrogen) atoms. The van der Waals surface area contributed by atoms with Crippen molar-refractivity contribution in [2.75, 3.05) is 32.7 Å². The second-order valence-electron chi connectivity index (χ2n) is 6.23. The van der Waals surface area contributed by atoms with E-state index in [1.807, 2.05) is 0 Å². The average molecular weight is 390 g/mol. The Morgan fingerprint density at radius 1 is 1.00 bits per heavy atom. The van der Waals surface area contributed by atoms with E-state index >= 15 is 0 Å². The predicted octanol–water partition coefficient (Wildman–Crippen LogP) is 1.58. The number of nitrogens with one attached hydrogen (secondary N) is 1. The summed E-state index contributed by atoms with van der Waals surface area (Å²) >= 11 is 5.82. The molecule has 2 aromatic rings. The van der Waals surface area contributed by atoms with Crippen LogP contribution in [0.1, 0.15) is 16.1 Å². The van der Waals surface area contributed by atoms with Gasteiger partial charge in [0.25, 0.3) is 5.91 Å². The molecule has 2 heterocycles. The fourth-order valence-electron chi connectivity index (χ4n) is 2.85. The van der Waals surface area contributed by atoms with Crippen LogP contribution >= 0.6 is 11.6 Å². The lowest BCUT2D eigenvalue weighted by molar-refractivity contribution is -0.134. The number of halogens is 1. The van der Waals surface area contributed by atoms with Crippen molar-refractivity contribution in [3.63, 3.8) is 0 Å². The van der Waals surface area contributed by atoms with Gasteiger partial charge < -0.3 is 19.5 Å². The molecule has 1 N–H and O–H groups in total. The van der Waals surface area contributed by atoms with Crippen LogP contribution in [0, 0.1) is 0 Å². The third-order valence-electron chi connectivity index (χ3n) is 4.37. The van der Waals surface area contributed by atoms with E-state index in [9.17, 15) is 14.4 Å². The number of hydrogen-bond acceptors (Lipinski definition) is 4. The van der Waals surface area contributed by atoms with Crippen LogP contribution in [0.15, 0.2) is 47.1 Å². The summed E-state index contributed by atoms with van der Waals surface area (Å²) in [6.45, 7) is 1.67. The third kappa shape index (κ3) is 5.10. The smallest absolute Gasteiger partial charge is 0.289 e. The van der Waals surface area contributed by atoms with Gasteiger partial charge in [-0.25, -0.2) is 0 Å². The van der Waals surface area contributed by atoms with E-state index in [4.69, 9.17) is 16.0 Å². The Hall–Kier alpha value is -2.80. The first-order chi connectivity index (χ1) is 13.0.